The van der Waals surface area contributed by atoms with Crippen LogP contribution >= 0.6 is 22.6 Å². The van der Waals surface area contributed by atoms with Crippen molar-refractivity contribution in [3.63, 3.8) is 0 Å². The number of rotatable bonds is 5. The van der Waals surface area contributed by atoms with E-state index in [4.69, 9.17) is 4.74 Å². The predicted octanol–water partition coefficient (Wildman–Crippen LogP) is 1.92. The van der Waals surface area contributed by atoms with Gasteiger partial charge in [-0.05, 0) is 17.7 Å². The standard InChI is InChI=1S/C11H15IO4S/c1-3-17(14,15)11(12)10(13)8-4-6-9(16-2)7-5-8/h4-7,10-11,13H,3H2,1-2H3/t10-,11-/m0/s1. The van der Waals surface area contributed by atoms with Gasteiger partial charge in [-0.15, -0.1) is 0 Å². The van der Waals surface area contributed by atoms with E-state index in [-0.39, 0.29) is 5.75 Å². The van der Waals surface area contributed by atoms with Crippen molar-refractivity contribution in [1.29, 1.82) is 0 Å². The molecule has 1 aromatic rings. The fraction of sp³-hybridized carbons (Fsp3) is 0.455. The van der Waals surface area contributed by atoms with Crippen LogP contribution in [0.5, 0.6) is 5.75 Å². The highest BCUT2D eigenvalue weighted by molar-refractivity contribution is 14.1. The average Bonchev–Trinajstić information content (AvgIpc) is 2.37. The number of hydrogen-bond acceptors (Lipinski definition) is 4. The van der Waals surface area contributed by atoms with Crippen molar-refractivity contribution in [3.05, 3.63) is 29.8 Å². The molecular weight excluding hydrogens is 355 g/mol. The van der Waals surface area contributed by atoms with Gasteiger partial charge in [-0.3, -0.25) is 0 Å². The van der Waals surface area contributed by atoms with E-state index in [2.05, 4.69) is 0 Å². The number of sulfone groups is 1. The number of benzene rings is 1. The lowest BCUT2D eigenvalue weighted by atomic mass is 10.1. The van der Waals surface area contributed by atoms with E-state index in [1.165, 1.54) is 0 Å². The molecule has 96 valence electrons. The molecule has 2 atom stereocenters. The summed E-state index contributed by atoms with van der Waals surface area (Å²) in [7, 11) is -1.71. The van der Waals surface area contributed by atoms with Crippen LogP contribution in [0.25, 0.3) is 0 Å². The third-order valence-electron chi connectivity index (χ3n) is 2.45. The molecule has 6 heteroatoms. The maximum Gasteiger partial charge on any atom is 0.164 e. The van der Waals surface area contributed by atoms with Crippen LogP contribution in [0.4, 0.5) is 0 Å². The highest BCUT2D eigenvalue weighted by Crippen LogP contribution is 2.28. The van der Waals surface area contributed by atoms with Crippen LogP contribution in [0.3, 0.4) is 0 Å². The second-order valence-electron chi connectivity index (χ2n) is 3.52. The largest absolute Gasteiger partial charge is 0.497 e. The van der Waals surface area contributed by atoms with Crippen LogP contribution in [-0.2, 0) is 9.84 Å². The van der Waals surface area contributed by atoms with Gasteiger partial charge in [0.25, 0.3) is 0 Å². The van der Waals surface area contributed by atoms with Gasteiger partial charge in [-0.2, -0.15) is 0 Å². The van der Waals surface area contributed by atoms with Gasteiger partial charge in [0.2, 0.25) is 0 Å². The summed E-state index contributed by atoms with van der Waals surface area (Å²) in [5.41, 5.74) is 0.572. The number of halogens is 1. The zero-order chi connectivity index (χ0) is 13.1. The van der Waals surface area contributed by atoms with E-state index in [1.807, 2.05) is 0 Å². The van der Waals surface area contributed by atoms with Crippen LogP contribution < -0.4 is 4.74 Å². The summed E-state index contributed by atoms with van der Waals surface area (Å²) in [6.45, 7) is 1.57. The lowest BCUT2D eigenvalue weighted by Crippen LogP contribution is -2.24. The summed E-state index contributed by atoms with van der Waals surface area (Å²) in [5, 5.41) is 9.99. The van der Waals surface area contributed by atoms with Crippen molar-refractivity contribution >= 4 is 32.4 Å². The number of aliphatic hydroxyl groups excluding tert-OH is 1. The average molecular weight is 370 g/mol. The number of alkyl halides is 1. The van der Waals surface area contributed by atoms with E-state index in [1.54, 1.807) is 60.9 Å². The number of hydrogen-bond donors (Lipinski definition) is 1. The Morgan fingerprint density at radius 2 is 1.88 bits per heavy atom. The van der Waals surface area contributed by atoms with Crippen molar-refractivity contribution in [3.8, 4) is 5.75 Å². The van der Waals surface area contributed by atoms with Crippen molar-refractivity contribution in [2.45, 2.75) is 16.3 Å². The van der Waals surface area contributed by atoms with E-state index in [0.29, 0.717) is 11.3 Å². The third kappa shape index (κ3) is 3.56. The lowest BCUT2D eigenvalue weighted by Gasteiger charge is -2.17. The molecule has 0 aliphatic heterocycles. The van der Waals surface area contributed by atoms with E-state index in [0.717, 1.165) is 0 Å². The first kappa shape index (κ1) is 14.7. The molecule has 17 heavy (non-hydrogen) atoms. The molecule has 0 amide bonds. The van der Waals surface area contributed by atoms with Gasteiger partial charge in [0.15, 0.2) is 9.84 Å². The monoisotopic (exact) mass is 370 g/mol. The van der Waals surface area contributed by atoms with Gasteiger partial charge in [-0.25, -0.2) is 8.42 Å². The van der Waals surface area contributed by atoms with E-state index < -0.39 is 19.2 Å². The van der Waals surface area contributed by atoms with Gasteiger partial charge in [0.1, 0.15) is 15.1 Å². The lowest BCUT2D eigenvalue weighted by molar-refractivity contribution is 0.197. The smallest absolute Gasteiger partial charge is 0.164 e. The fourth-order valence-corrected chi connectivity index (χ4v) is 3.67. The molecule has 0 fully saturated rings. The molecule has 0 aliphatic carbocycles. The Labute approximate surface area is 115 Å². The van der Waals surface area contributed by atoms with E-state index >= 15 is 0 Å². The van der Waals surface area contributed by atoms with Gasteiger partial charge in [0, 0.05) is 5.75 Å². The topological polar surface area (TPSA) is 63.6 Å². The molecule has 0 saturated carbocycles. The number of methoxy groups -OCH3 is 1. The molecule has 0 unspecified atom stereocenters. The Bertz CT molecular complexity index is 455. The molecule has 0 bridgehead atoms. The van der Waals surface area contributed by atoms with Gasteiger partial charge in [0.05, 0.1) is 7.11 Å². The molecule has 0 heterocycles. The first-order chi connectivity index (χ1) is 7.92. The maximum atomic E-state index is 11.6. The number of aliphatic hydroxyl groups is 1. The van der Waals surface area contributed by atoms with Gasteiger partial charge >= 0.3 is 0 Å². The molecule has 1 rings (SSSR count). The Hall–Kier alpha value is -0.340. The first-order valence-corrected chi connectivity index (χ1v) is 8.06. The molecule has 0 spiro atoms. The van der Waals surface area contributed by atoms with Crippen LogP contribution in [0.15, 0.2) is 24.3 Å². The highest BCUT2D eigenvalue weighted by Gasteiger charge is 2.29. The molecule has 1 aromatic carbocycles. The molecule has 0 radical (unpaired) electrons. The van der Waals surface area contributed by atoms with E-state index in [9.17, 15) is 13.5 Å². The van der Waals surface area contributed by atoms with Crippen molar-refractivity contribution < 1.29 is 18.3 Å². The minimum absolute atomic E-state index is 0.0216. The third-order valence-corrected chi connectivity index (χ3v) is 7.21. The van der Waals surface area contributed by atoms with Crippen molar-refractivity contribution in [1.82, 2.24) is 0 Å². The minimum Gasteiger partial charge on any atom is -0.497 e. The first-order valence-electron chi connectivity index (χ1n) is 5.10. The van der Waals surface area contributed by atoms with Crippen molar-refractivity contribution in [2.75, 3.05) is 12.9 Å². The highest BCUT2D eigenvalue weighted by atomic mass is 127. The molecular formula is C11H15IO4S. The van der Waals surface area contributed by atoms with Gasteiger partial charge < -0.3 is 9.84 Å². The zero-order valence-electron chi connectivity index (χ0n) is 9.63. The van der Waals surface area contributed by atoms with Crippen molar-refractivity contribution in [2.24, 2.45) is 0 Å². The van der Waals surface area contributed by atoms with Crippen LogP contribution in [0.1, 0.15) is 18.6 Å². The minimum atomic E-state index is -3.26. The predicted molar refractivity (Wildman–Crippen MR) is 75.2 cm³/mol. The van der Waals surface area contributed by atoms with Crippen LogP contribution in [-0.4, -0.2) is 29.6 Å². The Morgan fingerprint density at radius 3 is 2.29 bits per heavy atom. The molecule has 0 aromatic heterocycles. The normalized spacial score (nSPS) is 15.3. The quantitative estimate of drug-likeness (QED) is 0.636. The van der Waals surface area contributed by atoms with Crippen LogP contribution in [0.2, 0.25) is 0 Å². The zero-order valence-corrected chi connectivity index (χ0v) is 12.6. The SMILES string of the molecule is CCS(=O)(=O)[C@H](I)[C@@H](O)c1ccc(OC)cc1. The molecule has 4 nitrogen and oxygen atoms in total. The van der Waals surface area contributed by atoms with Crippen LogP contribution in [0, 0.1) is 0 Å². The summed E-state index contributed by atoms with van der Waals surface area (Å²) in [4.78, 5) is 0. The Kier molecular flexibility index (Phi) is 5.21. The summed E-state index contributed by atoms with van der Waals surface area (Å²) in [6, 6.07) is 6.72. The summed E-state index contributed by atoms with van der Waals surface area (Å²) >= 11 is 1.76. The Balaban J connectivity index is 2.92. The van der Waals surface area contributed by atoms with Gasteiger partial charge in [-0.1, -0.05) is 41.6 Å². The molecule has 0 aliphatic rings. The molecule has 1 N–H and O–H groups in total. The molecule has 0 saturated heterocycles. The maximum absolute atomic E-state index is 11.6. The fourth-order valence-electron chi connectivity index (χ4n) is 1.31. The summed E-state index contributed by atoms with van der Waals surface area (Å²) in [5.74, 6) is 0.692. The number of ether oxygens (including phenoxy) is 1. The second kappa shape index (κ2) is 6.01. The Morgan fingerprint density at radius 1 is 1.35 bits per heavy atom. The summed E-state index contributed by atoms with van der Waals surface area (Å²) < 4.78 is 27.5. The second-order valence-corrected chi connectivity index (χ2v) is 8.12. The summed E-state index contributed by atoms with van der Waals surface area (Å²) in [6.07, 6.45) is -1.02.